The Balaban J connectivity index is 1.83. The van der Waals surface area contributed by atoms with Gasteiger partial charge in [0, 0.05) is 12.0 Å². The molecular formula is C20H22ClNO3. The number of amides is 1. The molecule has 2 unspecified atom stereocenters. The lowest BCUT2D eigenvalue weighted by molar-refractivity contribution is -0.118. The van der Waals surface area contributed by atoms with Crippen molar-refractivity contribution in [2.45, 2.75) is 19.8 Å². The number of benzene rings is 2. The second kappa shape index (κ2) is 6.60. The lowest BCUT2D eigenvalue weighted by atomic mass is 10.0. The van der Waals surface area contributed by atoms with E-state index in [4.69, 9.17) is 21.1 Å². The van der Waals surface area contributed by atoms with Crippen molar-refractivity contribution >= 4 is 23.2 Å². The molecule has 1 saturated carbocycles. The van der Waals surface area contributed by atoms with Gasteiger partial charge in [-0.1, -0.05) is 55.8 Å². The van der Waals surface area contributed by atoms with E-state index in [0.717, 1.165) is 0 Å². The smallest absolute Gasteiger partial charge is 0.228 e. The number of halogens is 1. The molecule has 1 N–H and O–H groups in total. The van der Waals surface area contributed by atoms with Gasteiger partial charge in [-0.25, -0.2) is 0 Å². The normalized spacial score (nSPS) is 20.7. The molecule has 5 heteroatoms. The monoisotopic (exact) mass is 359 g/mol. The Hall–Kier alpha value is -2.20. The van der Waals surface area contributed by atoms with Crippen LogP contribution < -0.4 is 14.8 Å². The molecule has 25 heavy (non-hydrogen) atoms. The van der Waals surface area contributed by atoms with E-state index in [1.54, 1.807) is 19.2 Å². The number of hydrogen-bond acceptors (Lipinski definition) is 3. The molecule has 132 valence electrons. The molecule has 0 aliphatic heterocycles. The third-order valence-corrected chi connectivity index (χ3v) is 5.30. The minimum atomic E-state index is -0.0968. The third kappa shape index (κ3) is 3.19. The molecule has 0 aromatic heterocycles. The fourth-order valence-electron chi connectivity index (χ4n) is 3.58. The van der Waals surface area contributed by atoms with Crippen molar-refractivity contribution in [3.05, 3.63) is 53.1 Å². The minimum Gasteiger partial charge on any atom is -0.495 e. The molecule has 0 saturated heterocycles. The van der Waals surface area contributed by atoms with E-state index in [0.29, 0.717) is 22.2 Å². The number of rotatable bonds is 5. The Morgan fingerprint density at radius 1 is 1.08 bits per heavy atom. The number of methoxy groups -OCH3 is 2. The van der Waals surface area contributed by atoms with E-state index in [2.05, 4.69) is 31.3 Å². The summed E-state index contributed by atoms with van der Waals surface area (Å²) in [5.74, 6) is 1.10. The van der Waals surface area contributed by atoms with Crippen molar-refractivity contribution in [1.29, 1.82) is 0 Å². The minimum absolute atomic E-state index is 0.0293. The highest BCUT2D eigenvalue weighted by atomic mass is 35.5. The van der Waals surface area contributed by atoms with Crippen LogP contribution in [0.1, 0.15) is 25.3 Å². The van der Waals surface area contributed by atoms with Gasteiger partial charge in [0.15, 0.2) is 0 Å². The molecule has 1 aliphatic rings. The molecule has 2 atom stereocenters. The van der Waals surface area contributed by atoms with Crippen molar-refractivity contribution in [3.63, 3.8) is 0 Å². The molecule has 0 spiro atoms. The lowest BCUT2D eigenvalue weighted by Crippen LogP contribution is -2.17. The SMILES string of the molecule is COc1cc(OC)c(NC(=O)C2C(c3ccccc3)C2(C)C)cc1Cl. The van der Waals surface area contributed by atoms with Crippen LogP contribution in [0, 0.1) is 11.3 Å². The Morgan fingerprint density at radius 3 is 2.32 bits per heavy atom. The summed E-state index contributed by atoms with van der Waals surface area (Å²) < 4.78 is 10.5. The highest BCUT2D eigenvalue weighted by Gasteiger charge is 2.62. The molecule has 3 rings (SSSR count). The standard InChI is InChI=1S/C20H22ClNO3/c1-20(2)17(12-8-6-5-7-9-12)18(20)19(23)22-14-10-13(21)15(24-3)11-16(14)25-4/h5-11,17-18H,1-4H3,(H,22,23). The van der Waals surface area contributed by atoms with Crippen LogP contribution in [0.2, 0.25) is 5.02 Å². The maximum Gasteiger partial charge on any atom is 0.228 e. The quantitative estimate of drug-likeness (QED) is 0.839. The van der Waals surface area contributed by atoms with Gasteiger partial charge in [-0.05, 0) is 17.0 Å². The predicted molar refractivity (Wildman–Crippen MR) is 99.6 cm³/mol. The molecule has 1 amide bonds. The molecule has 0 heterocycles. The molecule has 1 aliphatic carbocycles. The van der Waals surface area contributed by atoms with E-state index in [-0.39, 0.29) is 23.2 Å². The highest BCUT2D eigenvalue weighted by molar-refractivity contribution is 6.32. The van der Waals surface area contributed by atoms with Crippen molar-refractivity contribution < 1.29 is 14.3 Å². The number of carbonyl (C=O) groups is 1. The van der Waals surface area contributed by atoms with Gasteiger partial charge < -0.3 is 14.8 Å². The van der Waals surface area contributed by atoms with E-state index < -0.39 is 0 Å². The first-order chi connectivity index (χ1) is 11.9. The van der Waals surface area contributed by atoms with Gasteiger partial charge in [-0.3, -0.25) is 4.79 Å². The summed E-state index contributed by atoms with van der Waals surface area (Å²) in [5, 5.41) is 3.39. The van der Waals surface area contributed by atoms with Gasteiger partial charge in [0.05, 0.1) is 30.8 Å². The maximum atomic E-state index is 12.9. The summed E-state index contributed by atoms with van der Waals surface area (Å²) in [6.07, 6.45) is 0. The van der Waals surface area contributed by atoms with E-state index >= 15 is 0 Å². The zero-order valence-electron chi connectivity index (χ0n) is 14.8. The van der Waals surface area contributed by atoms with Crippen LogP contribution in [0.4, 0.5) is 5.69 Å². The average molecular weight is 360 g/mol. The first-order valence-corrected chi connectivity index (χ1v) is 8.55. The first-order valence-electron chi connectivity index (χ1n) is 8.17. The molecule has 4 nitrogen and oxygen atoms in total. The van der Waals surface area contributed by atoms with Crippen molar-refractivity contribution in [2.75, 3.05) is 19.5 Å². The summed E-state index contributed by atoms with van der Waals surface area (Å²) in [6, 6.07) is 13.5. The van der Waals surface area contributed by atoms with Crippen LogP contribution in [0.25, 0.3) is 0 Å². The highest BCUT2D eigenvalue weighted by Crippen LogP contribution is 2.64. The topological polar surface area (TPSA) is 47.6 Å². The van der Waals surface area contributed by atoms with Crippen LogP contribution >= 0.6 is 11.6 Å². The Kier molecular flexibility index (Phi) is 4.65. The lowest BCUT2D eigenvalue weighted by Gasteiger charge is -2.13. The number of nitrogens with one attached hydrogen (secondary N) is 1. The summed E-state index contributed by atoms with van der Waals surface area (Å²) in [7, 11) is 3.09. The van der Waals surface area contributed by atoms with Crippen molar-refractivity contribution in [3.8, 4) is 11.5 Å². The number of hydrogen-bond donors (Lipinski definition) is 1. The Bertz CT molecular complexity index is 789. The van der Waals surface area contributed by atoms with Gasteiger partial charge >= 0.3 is 0 Å². The van der Waals surface area contributed by atoms with E-state index in [9.17, 15) is 4.79 Å². The second-order valence-corrected chi connectivity index (χ2v) is 7.27. The fraction of sp³-hybridized carbons (Fsp3) is 0.350. The molecule has 2 aromatic carbocycles. The summed E-state index contributed by atoms with van der Waals surface area (Å²) >= 11 is 6.19. The van der Waals surface area contributed by atoms with Crippen LogP contribution in [-0.4, -0.2) is 20.1 Å². The zero-order valence-corrected chi connectivity index (χ0v) is 15.6. The summed E-state index contributed by atoms with van der Waals surface area (Å²) in [4.78, 5) is 12.9. The van der Waals surface area contributed by atoms with Crippen LogP contribution in [-0.2, 0) is 4.79 Å². The third-order valence-electron chi connectivity index (χ3n) is 5.00. The molecular weight excluding hydrogens is 338 g/mol. The molecule has 0 radical (unpaired) electrons. The predicted octanol–water partition coefficient (Wildman–Crippen LogP) is 4.74. The number of anilines is 1. The zero-order chi connectivity index (χ0) is 18.2. The maximum absolute atomic E-state index is 12.9. The Morgan fingerprint density at radius 2 is 1.72 bits per heavy atom. The van der Waals surface area contributed by atoms with Crippen LogP contribution in [0.5, 0.6) is 11.5 Å². The van der Waals surface area contributed by atoms with Gasteiger partial charge in [-0.2, -0.15) is 0 Å². The Labute approximate surface area is 153 Å². The number of carbonyl (C=O) groups excluding carboxylic acids is 1. The van der Waals surface area contributed by atoms with Gasteiger partial charge in [-0.15, -0.1) is 0 Å². The van der Waals surface area contributed by atoms with Crippen molar-refractivity contribution in [2.24, 2.45) is 11.3 Å². The largest absolute Gasteiger partial charge is 0.495 e. The van der Waals surface area contributed by atoms with Gasteiger partial charge in [0.1, 0.15) is 11.5 Å². The summed E-state index contributed by atoms with van der Waals surface area (Å²) in [5.41, 5.74) is 1.65. The molecule has 2 aromatic rings. The van der Waals surface area contributed by atoms with E-state index in [1.165, 1.54) is 12.7 Å². The first kappa shape index (κ1) is 17.6. The fourth-order valence-corrected chi connectivity index (χ4v) is 3.82. The van der Waals surface area contributed by atoms with Gasteiger partial charge in [0.2, 0.25) is 5.91 Å². The van der Waals surface area contributed by atoms with E-state index in [1.807, 2.05) is 18.2 Å². The van der Waals surface area contributed by atoms with Crippen molar-refractivity contribution in [1.82, 2.24) is 0 Å². The number of ether oxygens (including phenoxy) is 2. The molecule has 0 bridgehead atoms. The molecule has 1 fully saturated rings. The van der Waals surface area contributed by atoms with Crippen LogP contribution in [0.15, 0.2) is 42.5 Å². The average Bonchev–Trinajstić information content (AvgIpc) is 3.18. The second-order valence-electron chi connectivity index (χ2n) is 6.86. The summed E-state index contributed by atoms with van der Waals surface area (Å²) in [6.45, 7) is 4.24. The van der Waals surface area contributed by atoms with Crippen LogP contribution in [0.3, 0.4) is 0 Å². The van der Waals surface area contributed by atoms with Gasteiger partial charge in [0.25, 0.3) is 0 Å².